The van der Waals surface area contributed by atoms with E-state index in [1.807, 2.05) is 0 Å². The molecule has 1 aliphatic rings. The fraction of sp³-hybridized carbons (Fsp3) is 0.462. The normalized spacial score (nSPS) is 20.3. The summed E-state index contributed by atoms with van der Waals surface area (Å²) in [6.07, 6.45) is -0.207. The van der Waals surface area contributed by atoms with Gasteiger partial charge in [0.1, 0.15) is 0 Å². The third-order valence-electron chi connectivity index (χ3n) is 3.10. The molecule has 0 radical (unpaired) electrons. The maximum absolute atomic E-state index is 11.8. The standard InChI is InChI=1S/C13H15Cl2NO3/c14-9-2-1-3-10(15)12(9)11(17)6-16-13(18)8-4-5-19-7-8/h1-3,8,11,17H,4-7H2,(H,16,18)/t8-,11+/m0/s1. The molecule has 1 heterocycles. The molecular formula is C13H15Cl2NO3. The number of hydrogen-bond donors (Lipinski definition) is 2. The van der Waals surface area contributed by atoms with Crippen LogP contribution in [0.1, 0.15) is 18.1 Å². The van der Waals surface area contributed by atoms with E-state index in [2.05, 4.69) is 5.32 Å². The van der Waals surface area contributed by atoms with E-state index in [9.17, 15) is 9.90 Å². The molecule has 0 spiro atoms. The summed E-state index contributed by atoms with van der Waals surface area (Å²) in [5.74, 6) is -0.242. The van der Waals surface area contributed by atoms with Gasteiger partial charge in [0, 0.05) is 28.8 Å². The average molecular weight is 304 g/mol. The molecule has 0 unspecified atom stereocenters. The van der Waals surface area contributed by atoms with Crippen molar-refractivity contribution in [1.82, 2.24) is 5.32 Å². The third-order valence-corrected chi connectivity index (χ3v) is 3.76. The number of halogens is 2. The Morgan fingerprint density at radius 3 is 2.74 bits per heavy atom. The highest BCUT2D eigenvalue weighted by Gasteiger charge is 2.24. The van der Waals surface area contributed by atoms with Crippen molar-refractivity contribution >= 4 is 29.1 Å². The first-order chi connectivity index (χ1) is 9.09. The zero-order valence-electron chi connectivity index (χ0n) is 10.2. The molecule has 1 aromatic rings. The van der Waals surface area contributed by atoms with Gasteiger partial charge in [0.25, 0.3) is 0 Å². The predicted molar refractivity (Wildman–Crippen MR) is 73.4 cm³/mol. The lowest BCUT2D eigenvalue weighted by Crippen LogP contribution is -2.34. The van der Waals surface area contributed by atoms with E-state index in [-0.39, 0.29) is 18.4 Å². The molecule has 2 rings (SSSR count). The molecule has 4 nitrogen and oxygen atoms in total. The van der Waals surface area contributed by atoms with Crippen molar-refractivity contribution in [3.63, 3.8) is 0 Å². The fourth-order valence-corrected chi connectivity index (χ4v) is 2.66. The molecule has 6 heteroatoms. The first-order valence-electron chi connectivity index (χ1n) is 6.07. The molecule has 19 heavy (non-hydrogen) atoms. The summed E-state index contributed by atoms with van der Waals surface area (Å²) in [7, 11) is 0. The van der Waals surface area contributed by atoms with Gasteiger partial charge in [0.05, 0.1) is 18.6 Å². The van der Waals surface area contributed by atoms with Crippen molar-refractivity contribution in [2.24, 2.45) is 5.92 Å². The number of hydrogen-bond acceptors (Lipinski definition) is 3. The van der Waals surface area contributed by atoms with E-state index in [1.54, 1.807) is 18.2 Å². The lowest BCUT2D eigenvalue weighted by molar-refractivity contribution is -0.125. The zero-order valence-corrected chi connectivity index (χ0v) is 11.7. The number of nitrogens with one attached hydrogen (secondary N) is 1. The largest absolute Gasteiger partial charge is 0.386 e. The van der Waals surface area contributed by atoms with Gasteiger partial charge in [-0.2, -0.15) is 0 Å². The SMILES string of the molecule is O=C(NC[C@@H](O)c1c(Cl)cccc1Cl)[C@H]1CCOC1. The van der Waals surface area contributed by atoms with Crippen LogP contribution in [0, 0.1) is 5.92 Å². The van der Waals surface area contributed by atoms with Crippen LogP contribution in [0.2, 0.25) is 10.0 Å². The number of ether oxygens (including phenoxy) is 1. The molecule has 2 atom stereocenters. The van der Waals surface area contributed by atoms with Crippen LogP contribution in [0.5, 0.6) is 0 Å². The Morgan fingerprint density at radius 2 is 2.16 bits per heavy atom. The van der Waals surface area contributed by atoms with Crippen LogP contribution in [0.4, 0.5) is 0 Å². The average Bonchev–Trinajstić information content (AvgIpc) is 2.89. The number of amides is 1. The molecule has 1 aliphatic heterocycles. The van der Waals surface area contributed by atoms with Crippen LogP contribution in [0.15, 0.2) is 18.2 Å². The van der Waals surface area contributed by atoms with Gasteiger partial charge in [0.15, 0.2) is 0 Å². The van der Waals surface area contributed by atoms with Crippen molar-refractivity contribution in [3.8, 4) is 0 Å². The summed E-state index contributed by atoms with van der Waals surface area (Å²) in [5, 5.41) is 13.5. The molecule has 0 aliphatic carbocycles. The van der Waals surface area contributed by atoms with Crippen LogP contribution in [-0.2, 0) is 9.53 Å². The highest BCUT2D eigenvalue weighted by Crippen LogP contribution is 2.29. The molecule has 1 saturated heterocycles. The molecule has 0 aromatic heterocycles. The Morgan fingerprint density at radius 1 is 1.47 bits per heavy atom. The topological polar surface area (TPSA) is 58.6 Å². The number of aliphatic hydroxyl groups excluding tert-OH is 1. The van der Waals surface area contributed by atoms with Gasteiger partial charge >= 0.3 is 0 Å². The molecule has 1 fully saturated rings. The summed E-state index contributed by atoms with van der Waals surface area (Å²) < 4.78 is 5.14. The van der Waals surface area contributed by atoms with Gasteiger partial charge < -0.3 is 15.2 Å². The molecular weight excluding hydrogens is 289 g/mol. The summed E-state index contributed by atoms with van der Waals surface area (Å²) in [6.45, 7) is 1.13. The van der Waals surface area contributed by atoms with Gasteiger partial charge in [-0.3, -0.25) is 4.79 Å². The highest BCUT2D eigenvalue weighted by molar-refractivity contribution is 6.36. The smallest absolute Gasteiger partial charge is 0.225 e. The molecule has 0 saturated carbocycles. The van der Waals surface area contributed by atoms with Crippen molar-refractivity contribution in [2.75, 3.05) is 19.8 Å². The lowest BCUT2D eigenvalue weighted by Gasteiger charge is -2.16. The number of carbonyl (C=O) groups is 1. The quantitative estimate of drug-likeness (QED) is 0.896. The Labute approximate surface area is 121 Å². The Bertz CT molecular complexity index is 441. The maximum atomic E-state index is 11.8. The second kappa shape index (κ2) is 6.57. The van der Waals surface area contributed by atoms with E-state index < -0.39 is 6.10 Å². The fourth-order valence-electron chi connectivity index (χ4n) is 2.01. The van der Waals surface area contributed by atoms with Gasteiger partial charge in [-0.1, -0.05) is 29.3 Å². The first kappa shape index (κ1) is 14.6. The van der Waals surface area contributed by atoms with E-state index in [0.29, 0.717) is 28.8 Å². The van der Waals surface area contributed by atoms with Crippen LogP contribution < -0.4 is 5.32 Å². The monoisotopic (exact) mass is 303 g/mol. The van der Waals surface area contributed by atoms with E-state index in [1.165, 1.54) is 0 Å². The minimum absolute atomic E-state index is 0.0821. The zero-order chi connectivity index (χ0) is 13.8. The van der Waals surface area contributed by atoms with E-state index >= 15 is 0 Å². The third kappa shape index (κ3) is 3.60. The predicted octanol–water partition coefficient (Wildman–Crippen LogP) is 2.18. The maximum Gasteiger partial charge on any atom is 0.225 e. The first-order valence-corrected chi connectivity index (χ1v) is 6.82. The Hall–Kier alpha value is -0.810. The lowest BCUT2D eigenvalue weighted by atomic mass is 10.1. The minimum atomic E-state index is -0.924. The number of rotatable bonds is 4. The van der Waals surface area contributed by atoms with Gasteiger partial charge in [0.2, 0.25) is 5.91 Å². The molecule has 1 aromatic carbocycles. The molecule has 104 valence electrons. The second-order valence-corrected chi connectivity index (χ2v) is 5.27. The van der Waals surface area contributed by atoms with E-state index in [0.717, 1.165) is 6.42 Å². The summed E-state index contributed by atoms with van der Waals surface area (Å²) in [4.78, 5) is 11.8. The molecule has 2 N–H and O–H groups in total. The van der Waals surface area contributed by atoms with Gasteiger partial charge in [-0.25, -0.2) is 0 Å². The number of carbonyl (C=O) groups excluding carboxylic acids is 1. The van der Waals surface area contributed by atoms with E-state index in [4.69, 9.17) is 27.9 Å². The minimum Gasteiger partial charge on any atom is -0.386 e. The van der Waals surface area contributed by atoms with Gasteiger partial charge in [-0.05, 0) is 18.6 Å². The second-order valence-electron chi connectivity index (χ2n) is 4.46. The van der Waals surface area contributed by atoms with Crippen molar-refractivity contribution in [2.45, 2.75) is 12.5 Å². The van der Waals surface area contributed by atoms with Crippen molar-refractivity contribution < 1.29 is 14.6 Å². The summed E-state index contributed by atoms with van der Waals surface area (Å²) >= 11 is 12.0. The van der Waals surface area contributed by atoms with Crippen LogP contribution in [0.25, 0.3) is 0 Å². The summed E-state index contributed by atoms with van der Waals surface area (Å²) in [5.41, 5.74) is 0.439. The van der Waals surface area contributed by atoms with Crippen LogP contribution in [-0.4, -0.2) is 30.8 Å². The number of aliphatic hydroxyl groups is 1. The van der Waals surface area contributed by atoms with Crippen molar-refractivity contribution in [3.05, 3.63) is 33.8 Å². The van der Waals surface area contributed by atoms with Crippen LogP contribution in [0.3, 0.4) is 0 Å². The van der Waals surface area contributed by atoms with Crippen LogP contribution >= 0.6 is 23.2 Å². The molecule has 1 amide bonds. The Balaban J connectivity index is 1.93. The van der Waals surface area contributed by atoms with Gasteiger partial charge in [-0.15, -0.1) is 0 Å². The highest BCUT2D eigenvalue weighted by atomic mass is 35.5. The van der Waals surface area contributed by atoms with Crippen molar-refractivity contribution in [1.29, 1.82) is 0 Å². The summed E-state index contributed by atoms with van der Waals surface area (Å²) in [6, 6.07) is 5.01. The molecule has 0 bridgehead atoms. The number of benzene rings is 1. The Kier molecular flexibility index (Phi) is 5.05.